The minimum atomic E-state index is 0.365. The van der Waals surface area contributed by atoms with Gasteiger partial charge in [-0.25, -0.2) is 9.97 Å². The average Bonchev–Trinajstić information content (AvgIpc) is 2.98. The third kappa shape index (κ3) is 4.38. The van der Waals surface area contributed by atoms with Crippen LogP contribution in [-0.4, -0.2) is 55.1 Å². The summed E-state index contributed by atoms with van der Waals surface area (Å²) in [6.45, 7) is 9.71. The van der Waals surface area contributed by atoms with Crippen LogP contribution in [0.5, 0.6) is 0 Å². The largest absolute Gasteiger partial charge is 0.371 e. The summed E-state index contributed by atoms with van der Waals surface area (Å²) >= 11 is 0. The molecule has 0 atom stereocenters. The van der Waals surface area contributed by atoms with E-state index in [0.717, 1.165) is 36.8 Å². The summed E-state index contributed by atoms with van der Waals surface area (Å²) in [6, 6.07) is 0. The number of nitrogens with one attached hydrogen (secondary N) is 1. The van der Waals surface area contributed by atoms with E-state index >= 15 is 0 Å². The predicted molar refractivity (Wildman–Crippen MR) is 87.8 cm³/mol. The molecule has 2 rings (SSSR count). The summed E-state index contributed by atoms with van der Waals surface area (Å²) < 4.78 is 0. The van der Waals surface area contributed by atoms with Gasteiger partial charge in [0.05, 0.1) is 17.6 Å². The van der Waals surface area contributed by atoms with E-state index in [2.05, 4.69) is 41.0 Å². The van der Waals surface area contributed by atoms with Crippen molar-refractivity contribution >= 4 is 5.69 Å². The van der Waals surface area contributed by atoms with Gasteiger partial charge in [-0.15, -0.1) is 0 Å². The molecule has 0 spiro atoms. The summed E-state index contributed by atoms with van der Waals surface area (Å²) in [6.07, 6.45) is 4.68. The van der Waals surface area contributed by atoms with Gasteiger partial charge in [-0.1, -0.05) is 13.8 Å². The molecule has 1 aromatic heterocycles. The smallest absolute Gasteiger partial charge is 0.131 e. The first-order valence-corrected chi connectivity index (χ1v) is 8.05. The fraction of sp³-hybridized carbons (Fsp3) is 0.750. The van der Waals surface area contributed by atoms with E-state index in [1.54, 1.807) is 0 Å². The molecule has 1 aliphatic heterocycles. The van der Waals surface area contributed by atoms with Crippen LogP contribution in [-0.2, 0) is 6.54 Å². The second-order valence-electron chi connectivity index (χ2n) is 6.22. The number of rotatable bonds is 7. The summed E-state index contributed by atoms with van der Waals surface area (Å²) in [5, 5.41) is 3.22. The van der Waals surface area contributed by atoms with Crippen LogP contribution in [0.4, 0.5) is 5.69 Å². The molecule has 118 valence electrons. The number of likely N-dealkylation sites (N-methyl/N-ethyl adjacent to an activating group) is 1. The summed E-state index contributed by atoms with van der Waals surface area (Å²) in [4.78, 5) is 14.1. The first-order chi connectivity index (χ1) is 10.1. The van der Waals surface area contributed by atoms with Crippen molar-refractivity contribution in [3.8, 4) is 0 Å². The van der Waals surface area contributed by atoms with E-state index in [9.17, 15) is 0 Å². The Kier molecular flexibility index (Phi) is 5.94. The molecule has 1 N–H and O–H groups in total. The molecule has 0 bridgehead atoms. The van der Waals surface area contributed by atoms with Crippen LogP contribution in [0.3, 0.4) is 0 Å². The lowest BCUT2D eigenvalue weighted by atomic mass is 10.2. The maximum atomic E-state index is 4.73. The molecule has 5 heteroatoms. The highest BCUT2D eigenvalue weighted by Crippen LogP contribution is 2.19. The number of likely N-dealkylation sites (tertiary alicyclic amines) is 1. The predicted octanol–water partition coefficient (Wildman–Crippen LogP) is 1.85. The molecule has 5 nitrogen and oxygen atoms in total. The van der Waals surface area contributed by atoms with Crippen LogP contribution in [0, 0.1) is 0 Å². The Hall–Kier alpha value is -1.20. The molecule has 0 saturated carbocycles. The van der Waals surface area contributed by atoms with Gasteiger partial charge in [0.2, 0.25) is 0 Å². The maximum Gasteiger partial charge on any atom is 0.131 e. The van der Waals surface area contributed by atoms with Crippen LogP contribution < -0.4 is 10.2 Å². The minimum Gasteiger partial charge on any atom is -0.371 e. The molecule has 2 heterocycles. The SMILES string of the molecule is CNCc1nc(C(C)C)ncc1N(C)CCN1CCCC1. The molecule has 1 aliphatic rings. The molecule has 0 radical (unpaired) electrons. The van der Waals surface area contributed by atoms with Crippen molar-refractivity contribution in [3.63, 3.8) is 0 Å². The van der Waals surface area contributed by atoms with E-state index in [1.807, 2.05) is 13.2 Å². The molecule has 0 aromatic carbocycles. The highest BCUT2D eigenvalue weighted by Gasteiger charge is 2.15. The first-order valence-electron chi connectivity index (χ1n) is 8.05. The molecule has 0 amide bonds. The molecule has 21 heavy (non-hydrogen) atoms. The fourth-order valence-corrected chi connectivity index (χ4v) is 2.74. The Morgan fingerprint density at radius 2 is 2.05 bits per heavy atom. The first kappa shape index (κ1) is 16.2. The third-order valence-corrected chi connectivity index (χ3v) is 4.09. The average molecular weight is 291 g/mol. The number of aromatic nitrogens is 2. The minimum absolute atomic E-state index is 0.365. The summed E-state index contributed by atoms with van der Waals surface area (Å²) in [7, 11) is 4.11. The standard InChI is InChI=1S/C16H29N5/c1-13(2)16-18-12-15(14(19-16)11-17-3)20(4)9-10-21-7-5-6-8-21/h12-13,17H,5-11H2,1-4H3. The molecular formula is C16H29N5. The van der Waals surface area contributed by atoms with Crippen molar-refractivity contribution in [1.29, 1.82) is 0 Å². The topological polar surface area (TPSA) is 44.3 Å². The summed E-state index contributed by atoms with van der Waals surface area (Å²) in [5.74, 6) is 1.29. The van der Waals surface area contributed by atoms with Gasteiger partial charge in [-0.05, 0) is 33.0 Å². The van der Waals surface area contributed by atoms with Gasteiger partial charge < -0.3 is 15.1 Å². The monoisotopic (exact) mass is 291 g/mol. The second kappa shape index (κ2) is 7.71. The van der Waals surface area contributed by atoms with Crippen molar-refractivity contribution in [1.82, 2.24) is 20.2 Å². The Balaban J connectivity index is 2.05. The molecule has 1 saturated heterocycles. The van der Waals surface area contributed by atoms with Crippen LogP contribution in [0.1, 0.15) is 44.1 Å². The van der Waals surface area contributed by atoms with Gasteiger partial charge in [-0.3, -0.25) is 0 Å². The lowest BCUT2D eigenvalue weighted by molar-refractivity contribution is 0.346. The Morgan fingerprint density at radius 3 is 2.67 bits per heavy atom. The van der Waals surface area contributed by atoms with E-state index in [1.165, 1.54) is 25.9 Å². The lowest BCUT2D eigenvalue weighted by Gasteiger charge is -2.25. The van der Waals surface area contributed by atoms with Gasteiger partial charge in [-0.2, -0.15) is 0 Å². The summed E-state index contributed by atoms with van der Waals surface area (Å²) in [5.41, 5.74) is 2.24. The van der Waals surface area contributed by atoms with E-state index in [0.29, 0.717) is 5.92 Å². The second-order valence-corrected chi connectivity index (χ2v) is 6.22. The number of anilines is 1. The third-order valence-electron chi connectivity index (χ3n) is 4.09. The van der Waals surface area contributed by atoms with Crippen molar-refractivity contribution in [2.75, 3.05) is 45.2 Å². The number of hydrogen-bond donors (Lipinski definition) is 1. The molecule has 1 aromatic rings. The van der Waals surface area contributed by atoms with Crippen LogP contribution in [0.15, 0.2) is 6.20 Å². The van der Waals surface area contributed by atoms with Gasteiger partial charge >= 0.3 is 0 Å². The zero-order chi connectivity index (χ0) is 15.2. The van der Waals surface area contributed by atoms with E-state index in [4.69, 9.17) is 4.98 Å². The van der Waals surface area contributed by atoms with Crippen molar-refractivity contribution in [2.45, 2.75) is 39.2 Å². The van der Waals surface area contributed by atoms with E-state index < -0.39 is 0 Å². The molecule has 0 aliphatic carbocycles. The highest BCUT2D eigenvalue weighted by molar-refractivity contribution is 5.48. The van der Waals surface area contributed by atoms with Crippen LogP contribution >= 0.6 is 0 Å². The molecule has 1 fully saturated rings. The van der Waals surface area contributed by atoms with Gasteiger partial charge in [0.25, 0.3) is 0 Å². The molecule has 0 unspecified atom stereocenters. The van der Waals surface area contributed by atoms with Gasteiger partial charge in [0.15, 0.2) is 0 Å². The normalized spacial score (nSPS) is 15.9. The van der Waals surface area contributed by atoms with Crippen molar-refractivity contribution in [2.24, 2.45) is 0 Å². The Morgan fingerprint density at radius 1 is 1.33 bits per heavy atom. The number of hydrogen-bond acceptors (Lipinski definition) is 5. The Labute approximate surface area is 128 Å². The Bertz CT molecular complexity index is 440. The number of nitrogens with zero attached hydrogens (tertiary/aromatic N) is 4. The fourth-order valence-electron chi connectivity index (χ4n) is 2.74. The van der Waals surface area contributed by atoms with Crippen molar-refractivity contribution in [3.05, 3.63) is 17.7 Å². The van der Waals surface area contributed by atoms with Crippen LogP contribution in [0.25, 0.3) is 0 Å². The van der Waals surface area contributed by atoms with Crippen molar-refractivity contribution < 1.29 is 0 Å². The maximum absolute atomic E-state index is 4.73. The van der Waals surface area contributed by atoms with Gasteiger partial charge in [0.1, 0.15) is 5.82 Å². The van der Waals surface area contributed by atoms with Gasteiger partial charge in [0, 0.05) is 32.6 Å². The molecular weight excluding hydrogens is 262 g/mol. The highest BCUT2D eigenvalue weighted by atomic mass is 15.2. The van der Waals surface area contributed by atoms with E-state index in [-0.39, 0.29) is 0 Å². The van der Waals surface area contributed by atoms with Crippen LogP contribution in [0.2, 0.25) is 0 Å². The quantitative estimate of drug-likeness (QED) is 0.830. The zero-order valence-corrected chi connectivity index (χ0v) is 13.9. The zero-order valence-electron chi connectivity index (χ0n) is 13.9. The lowest BCUT2D eigenvalue weighted by Crippen LogP contribution is -2.32.